The third kappa shape index (κ3) is 4.38. The lowest BCUT2D eigenvalue weighted by atomic mass is 9.91. The van der Waals surface area contributed by atoms with Crippen LogP contribution in [0.2, 0.25) is 0 Å². The van der Waals surface area contributed by atoms with Crippen molar-refractivity contribution in [1.82, 2.24) is 5.06 Å². The number of unbranched alkanes of at least 4 members (excludes halogenated alkanes) is 2. The van der Waals surface area contributed by atoms with Crippen molar-refractivity contribution in [3.8, 4) is 0 Å². The third-order valence-electron chi connectivity index (χ3n) is 4.40. The molecule has 0 saturated heterocycles. The van der Waals surface area contributed by atoms with Crippen molar-refractivity contribution in [1.29, 1.82) is 0 Å². The fourth-order valence-corrected chi connectivity index (χ4v) is 3.26. The van der Waals surface area contributed by atoms with Crippen LogP contribution in [0.3, 0.4) is 0 Å². The SMILES string of the molecule is CCCCCC1=C(C(=O)OC)ON(Cc2ccccc2)C1C(C)C. The van der Waals surface area contributed by atoms with Crippen LogP contribution in [-0.4, -0.2) is 24.2 Å². The van der Waals surface area contributed by atoms with Crippen molar-refractivity contribution in [2.45, 2.75) is 59.0 Å². The van der Waals surface area contributed by atoms with E-state index in [0.717, 1.165) is 31.3 Å². The van der Waals surface area contributed by atoms with Crippen molar-refractivity contribution in [3.05, 3.63) is 47.2 Å². The van der Waals surface area contributed by atoms with Crippen molar-refractivity contribution in [3.63, 3.8) is 0 Å². The molecule has 0 amide bonds. The summed E-state index contributed by atoms with van der Waals surface area (Å²) in [6.07, 6.45) is 4.26. The van der Waals surface area contributed by atoms with E-state index >= 15 is 0 Å². The van der Waals surface area contributed by atoms with Crippen LogP contribution in [0.25, 0.3) is 0 Å². The van der Waals surface area contributed by atoms with E-state index in [1.165, 1.54) is 12.7 Å². The molecule has 1 atom stereocenters. The first kappa shape index (κ1) is 18.5. The Morgan fingerprint density at radius 1 is 1.25 bits per heavy atom. The fourth-order valence-electron chi connectivity index (χ4n) is 3.26. The molecule has 0 aromatic heterocycles. The molecule has 1 aliphatic heterocycles. The molecule has 24 heavy (non-hydrogen) atoms. The van der Waals surface area contributed by atoms with Gasteiger partial charge in [-0.25, -0.2) is 4.79 Å². The van der Waals surface area contributed by atoms with Gasteiger partial charge in [-0.05, 0) is 24.3 Å². The number of rotatable bonds is 8. The first-order valence-corrected chi connectivity index (χ1v) is 8.88. The maximum absolute atomic E-state index is 12.2. The van der Waals surface area contributed by atoms with E-state index in [-0.39, 0.29) is 12.0 Å². The van der Waals surface area contributed by atoms with Gasteiger partial charge in [0.2, 0.25) is 5.76 Å². The first-order valence-electron chi connectivity index (χ1n) is 8.88. The lowest BCUT2D eigenvalue weighted by Crippen LogP contribution is -2.34. The van der Waals surface area contributed by atoms with Gasteiger partial charge in [0.25, 0.3) is 0 Å². The molecule has 1 heterocycles. The van der Waals surface area contributed by atoms with E-state index in [4.69, 9.17) is 9.57 Å². The van der Waals surface area contributed by atoms with Crippen LogP contribution in [0.1, 0.15) is 52.0 Å². The number of benzene rings is 1. The summed E-state index contributed by atoms with van der Waals surface area (Å²) < 4.78 is 4.95. The molecule has 132 valence electrons. The minimum atomic E-state index is -0.372. The Bertz CT molecular complexity index is 566. The average molecular weight is 331 g/mol. The molecule has 1 aromatic carbocycles. The van der Waals surface area contributed by atoms with Crippen LogP contribution < -0.4 is 0 Å². The highest BCUT2D eigenvalue weighted by atomic mass is 16.7. The molecule has 1 aromatic rings. The minimum absolute atomic E-state index is 0.108. The standard InChI is InChI=1S/C20H29NO3/c1-5-6-8-13-17-18(15(2)3)21(24-19(17)20(22)23-4)14-16-11-9-7-10-12-16/h7,9-12,15,18H,5-6,8,13-14H2,1-4H3. The Balaban J connectivity index is 2.24. The van der Waals surface area contributed by atoms with E-state index < -0.39 is 0 Å². The van der Waals surface area contributed by atoms with Crippen LogP contribution in [0.4, 0.5) is 0 Å². The van der Waals surface area contributed by atoms with Crippen molar-refractivity contribution in [2.75, 3.05) is 7.11 Å². The summed E-state index contributed by atoms with van der Waals surface area (Å²) in [6.45, 7) is 7.18. The topological polar surface area (TPSA) is 38.8 Å². The molecule has 1 unspecified atom stereocenters. The van der Waals surface area contributed by atoms with E-state index in [2.05, 4.69) is 32.9 Å². The lowest BCUT2D eigenvalue weighted by molar-refractivity contribution is -0.163. The average Bonchev–Trinajstić information content (AvgIpc) is 2.93. The molecule has 0 bridgehead atoms. The number of methoxy groups -OCH3 is 1. The third-order valence-corrected chi connectivity index (χ3v) is 4.40. The fraction of sp³-hybridized carbons (Fsp3) is 0.550. The highest BCUT2D eigenvalue weighted by molar-refractivity contribution is 5.87. The molecule has 0 radical (unpaired) electrons. The van der Waals surface area contributed by atoms with E-state index in [9.17, 15) is 4.79 Å². The maximum atomic E-state index is 12.2. The van der Waals surface area contributed by atoms with Crippen LogP contribution in [0.15, 0.2) is 41.7 Å². The summed E-state index contributed by atoms with van der Waals surface area (Å²) in [5, 5.41) is 1.94. The molecule has 0 saturated carbocycles. The second kappa shape index (κ2) is 8.88. The predicted octanol–water partition coefficient (Wildman–Crippen LogP) is 4.47. The number of carbonyl (C=O) groups excluding carboxylic acids is 1. The molecule has 0 fully saturated rings. The van der Waals surface area contributed by atoms with Gasteiger partial charge < -0.3 is 9.57 Å². The van der Waals surface area contributed by atoms with Gasteiger partial charge in [0, 0.05) is 5.57 Å². The Morgan fingerprint density at radius 2 is 1.96 bits per heavy atom. The minimum Gasteiger partial charge on any atom is -0.463 e. The van der Waals surface area contributed by atoms with E-state index in [1.807, 2.05) is 23.3 Å². The first-order chi connectivity index (χ1) is 11.6. The van der Waals surface area contributed by atoms with E-state index in [0.29, 0.717) is 18.2 Å². The van der Waals surface area contributed by atoms with Crippen LogP contribution >= 0.6 is 0 Å². The van der Waals surface area contributed by atoms with Crippen LogP contribution in [0.5, 0.6) is 0 Å². The monoisotopic (exact) mass is 331 g/mol. The summed E-state index contributed by atoms with van der Waals surface area (Å²) in [6, 6.07) is 10.3. The van der Waals surface area contributed by atoms with Crippen LogP contribution in [0, 0.1) is 5.92 Å². The van der Waals surface area contributed by atoms with Crippen molar-refractivity contribution < 1.29 is 14.4 Å². The number of hydrogen-bond donors (Lipinski definition) is 0. The molecule has 4 heteroatoms. The summed E-state index contributed by atoms with van der Waals surface area (Å²) >= 11 is 0. The number of hydrogen-bond acceptors (Lipinski definition) is 4. The Kier molecular flexibility index (Phi) is 6.85. The summed E-state index contributed by atoms with van der Waals surface area (Å²) in [5.74, 6) is 0.374. The molecule has 0 spiro atoms. The zero-order chi connectivity index (χ0) is 17.5. The Hall–Kier alpha value is -1.81. The zero-order valence-electron chi connectivity index (χ0n) is 15.2. The Labute approximate surface area is 145 Å². The molecule has 2 rings (SSSR count). The smallest absolute Gasteiger partial charge is 0.375 e. The Morgan fingerprint density at radius 3 is 2.54 bits per heavy atom. The van der Waals surface area contributed by atoms with E-state index in [1.54, 1.807) is 0 Å². The summed E-state index contributed by atoms with van der Waals surface area (Å²) in [4.78, 5) is 18.2. The highest BCUT2D eigenvalue weighted by Gasteiger charge is 2.39. The second-order valence-electron chi connectivity index (χ2n) is 6.64. The second-order valence-corrected chi connectivity index (χ2v) is 6.64. The number of ether oxygens (including phenoxy) is 1. The van der Waals surface area contributed by atoms with Gasteiger partial charge in [-0.2, -0.15) is 0 Å². The van der Waals surface area contributed by atoms with Gasteiger partial charge in [0.15, 0.2) is 0 Å². The molecular weight excluding hydrogens is 302 g/mol. The van der Waals surface area contributed by atoms with Crippen LogP contribution in [-0.2, 0) is 20.9 Å². The number of hydroxylamine groups is 2. The molecule has 0 aliphatic carbocycles. The normalized spacial score (nSPS) is 18.1. The molecule has 0 N–H and O–H groups in total. The highest BCUT2D eigenvalue weighted by Crippen LogP contribution is 2.35. The van der Waals surface area contributed by atoms with Gasteiger partial charge >= 0.3 is 5.97 Å². The summed E-state index contributed by atoms with van der Waals surface area (Å²) in [5.41, 5.74) is 2.25. The van der Waals surface area contributed by atoms with Crippen molar-refractivity contribution in [2.24, 2.45) is 5.92 Å². The maximum Gasteiger partial charge on any atom is 0.375 e. The van der Waals surface area contributed by atoms with Gasteiger partial charge in [0.05, 0.1) is 19.7 Å². The largest absolute Gasteiger partial charge is 0.463 e. The molecule has 4 nitrogen and oxygen atoms in total. The number of esters is 1. The van der Waals surface area contributed by atoms with Gasteiger partial charge in [-0.15, -0.1) is 5.06 Å². The molecule has 1 aliphatic rings. The molecular formula is C20H29NO3. The number of carbonyl (C=O) groups is 1. The van der Waals surface area contributed by atoms with Gasteiger partial charge in [0.1, 0.15) is 0 Å². The van der Waals surface area contributed by atoms with Crippen molar-refractivity contribution >= 4 is 5.97 Å². The number of nitrogens with zero attached hydrogens (tertiary/aromatic N) is 1. The van der Waals surface area contributed by atoms with Gasteiger partial charge in [-0.3, -0.25) is 0 Å². The lowest BCUT2D eigenvalue weighted by Gasteiger charge is -2.27. The van der Waals surface area contributed by atoms with Gasteiger partial charge in [-0.1, -0.05) is 63.9 Å². The summed E-state index contributed by atoms with van der Waals surface area (Å²) in [7, 11) is 1.41. The quantitative estimate of drug-likeness (QED) is 0.520. The zero-order valence-corrected chi connectivity index (χ0v) is 15.2. The predicted molar refractivity (Wildman–Crippen MR) is 94.9 cm³/mol.